The molecule has 1 aliphatic rings. The molecule has 0 unspecified atom stereocenters. The van der Waals surface area contributed by atoms with E-state index < -0.39 is 0 Å². The molecule has 2 aromatic carbocycles. The highest BCUT2D eigenvalue weighted by atomic mass is 32.2. The van der Waals surface area contributed by atoms with Crippen LogP contribution in [0.4, 0.5) is 5.69 Å². The summed E-state index contributed by atoms with van der Waals surface area (Å²) in [7, 11) is 0. The smallest absolute Gasteiger partial charge is 0.266 e. The zero-order valence-corrected chi connectivity index (χ0v) is 19.4. The molecule has 0 aromatic heterocycles. The lowest BCUT2D eigenvalue weighted by Crippen LogP contribution is -2.27. The van der Waals surface area contributed by atoms with Crippen LogP contribution in [0.3, 0.4) is 0 Å². The minimum Gasteiger partial charge on any atom is -0.484 e. The van der Waals surface area contributed by atoms with Gasteiger partial charge in [0.2, 0.25) is 0 Å². The van der Waals surface area contributed by atoms with Crippen LogP contribution in [0, 0.1) is 20.8 Å². The normalized spacial score (nSPS) is 14.8. The number of nitrogens with one attached hydrogen (secondary N) is 1. The maximum Gasteiger partial charge on any atom is 0.266 e. The van der Waals surface area contributed by atoms with E-state index in [0.29, 0.717) is 21.5 Å². The zero-order chi connectivity index (χ0) is 22.5. The third-order valence-electron chi connectivity index (χ3n) is 4.67. The van der Waals surface area contributed by atoms with Crippen molar-refractivity contribution >= 4 is 51.9 Å². The summed E-state index contributed by atoms with van der Waals surface area (Å²) in [6.07, 6.45) is 3.44. The van der Waals surface area contributed by atoms with E-state index in [1.54, 1.807) is 24.3 Å². The van der Waals surface area contributed by atoms with E-state index >= 15 is 0 Å². The lowest BCUT2D eigenvalue weighted by Gasteiger charge is -2.13. The second-order valence-corrected chi connectivity index (χ2v) is 8.94. The summed E-state index contributed by atoms with van der Waals surface area (Å²) >= 11 is 6.52. The maximum absolute atomic E-state index is 12.4. The lowest BCUT2D eigenvalue weighted by atomic mass is 10.1. The first-order valence-electron chi connectivity index (χ1n) is 9.75. The SMILES string of the molecule is C=CCN1C(=O)/C(=C/c2ccc(OCC(=O)Nc3c(C)cc(C)cc3C)cc2)SC1=S. The highest BCUT2D eigenvalue weighted by Crippen LogP contribution is 2.32. The quantitative estimate of drug-likeness (QED) is 0.363. The van der Waals surface area contributed by atoms with Gasteiger partial charge in [-0.25, -0.2) is 0 Å². The third-order valence-corrected chi connectivity index (χ3v) is 6.05. The van der Waals surface area contributed by atoms with Gasteiger partial charge in [0.1, 0.15) is 10.1 Å². The van der Waals surface area contributed by atoms with Crippen molar-refractivity contribution in [2.75, 3.05) is 18.5 Å². The number of anilines is 1. The molecule has 1 saturated heterocycles. The van der Waals surface area contributed by atoms with Crippen LogP contribution in [0.15, 0.2) is 54.0 Å². The van der Waals surface area contributed by atoms with Gasteiger partial charge < -0.3 is 10.1 Å². The number of benzene rings is 2. The predicted octanol–water partition coefficient (Wildman–Crippen LogP) is 5.02. The van der Waals surface area contributed by atoms with Gasteiger partial charge >= 0.3 is 0 Å². The first kappa shape index (κ1) is 22.8. The molecule has 1 heterocycles. The molecule has 0 spiro atoms. The third kappa shape index (κ3) is 5.62. The average Bonchev–Trinajstić information content (AvgIpc) is 2.98. The fourth-order valence-electron chi connectivity index (χ4n) is 3.30. The number of aryl methyl sites for hydroxylation is 3. The second-order valence-electron chi connectivity index (χ2n) is 7.26. The first-order chi connectivity index (χ1) is 14.8. The average molecular weight is 453 g/mol. The van der Waals surface area contributed by atoms with Gasteiger partial charge in [-0.2, -0.15) is 0 Å². The topological polar surface area (TPSA) is 58.6 Å². The van der Waals surface area contributed by atoms with Crippen LogP contribution in [0.1, 0.15) is 22.3 Å². The Labute approximate surface area is 192 Å². The molecule has 5 nitrogen and oxygen atoms in total. The summed E-state index contributed by atoms with van der Waals surface area (Å²) in [4.78, 5) is 26.8. The number of carbonyl (C=O) groups is 2. The maximum atomic E-state index is 12.4. The second kappa shape index (κ2) is 9.94. The number of carbonyl (C=O) groups excluding carboxylic acids is 2. The molecule has 2 amide bonds. The number of nitrogens with zero attached hydrogens (tertiary/aromatic N) is 1. The Bertz CT molecular complexity index is 1050. The van der Waals surface area contributed by atoms with Crippen molar-refractivity contribution in [3.05, 3.63) is 76.2 Å². The lowest BCUT2D eigenvalue weighted by molar-refractivity contribution is -0.121. The van der Waals surface area contributed by atoms with Crippen molar-refractivity contribution in [1.82, 2.24) is 4.90 Å². The van der Waals surface area contributed by atoms with Gasteiger partial charge in [0, 0.05) is 12.2 Å². The molecule has 1 N–H and O–H groups in total. The Balaban J connectivity index is 1.59. The number of amides is 2. The van der Waals surface area contributed by atoms with E-state index in [2.05, 4.69) is 11.9 Å². The van der Waals surface area contributed by atoms with Gasteiger partial charge in [-0.3, -0.25) is 14.5 Å². The molecular formula is C24H24N2O3S2. The molecule has 31 heavy (non-hydrogen) atoms. The van der Waals surface area contributed by atoms with Crippen LogP contribution in [0.2, 0.25) is 0 Å². The molecule has 0 saturated carbocycles. The van der Waals surface area contributed by atoms with Crippen molar-refractivity contribution in [3.63, 3.8) is 0 Å². The summed E-state index contributed by atoms with van der Waals surface area (Å²) in [5.41, 5.74) is 4.87. The molecule has 0 aliphatic carbocycles. The van der Waals surface area contributed by atoms with E-state index in [1.165, 1.54) is 16.7 Å². The molecule has 7 heteroatoms. The van der Waals surface area contributed by atoms with Crippen LogP contribution < -0.4 is 10.1 Å². The van der Waals surface area contributed by atoms with E-state index in [4.69, 9.17) is 17.0 Å². The van der Waals surface area contributed by atoms with E-state index in [-0.39, 0.29) is 18.4 Å². The molecular weight excluding hydrogens is 428 g/mol. The molecule has 0 radical (unpaired) electrons. The van der Waals surface area contributed by atoms with Crippen LogP contribution in [0.5, 0.6) is 5.75 Å². The summed E-state index contributed by atoms with van der Waals surface area (Å²) in [6, 6.07) is 11.3. The number of rotatable bonds is 7. The van der Waals surface area contributed by atoms with Gasteiger partial charge in [-0.15, -0.1) is 6.58 Å². The molecule has 0 bridgehead atoms. The fraction of sp³-hybridized carbons (Fsp3) is 0.208. The summed E-state index contributed by atoms with van der Waals surface area (Å²) in [5, 5.41) is 2.92. The van der Waals surface area contributed by atoms with Gasteiger partial charge in [0.05, 0.1) is 4.91 Å². The highest BCUT2D eigenvalue weighted by molar-refractivity contribution is 8.26. The molecule has 2 aromatic rings. The standard InChI is InChI=1S/C24H24N2O3S2/c1-5-10-26-23(28)20(31-24(26)30)13-18-6-8-19(9-7-18)29-14-21(27)25-22-16(3)11-15(2)12-17(22)4/h5-9,11-13H,1,10,14H2,2-4H3,(H,25,27)/b20-13-. The Hall–Kier alpha value is -2.90. The number of ether oxygens (including phenoxy) is 1. The van der Waals surface area contributed by atoms with E-state index in [9.17, 15) is 9.59 Å². The zero-order valence-electron chi connectivity index (χ0n) is 17.7. The number of hydrogen-bond donors (Lipinski definition) is 1. The van der Waals surface area contributed by atoms with Crippen LogP contribution >= 0.6 is 24.0 Å². The van der Waals surface area contributed by atoms with Crippen LogP contribution in [-0.4, -0.2) is 34.2 Å². The minimum absolute atomic E-state index is 0.0910. The van der Waals surface area contributed by atoms with Crippen molar-refractivity contribution in [3.8, 4) is 5.75 Å². The Morgan fingerprint density at radius 2 is 1.84 bits per heavy atom. The minimum atomic E-state index is -0.218. The van der Waals surface area contributed by atoms with Gasteiger partial charge in [-0.1, -0.05) is 59.9 Å². The van der Waals surface area contributed by atoms with E-state index in [1.807, 2.05) is 45.0 Å². The highest BCUT2D eigenvalue weighted by Gasteiger charge is 2.30. The number of hydrogen-bond acceptors (Lipinski definition) is 5. The largest absolute Gasteiger partial charge is 0.484 e. The van der Waals surface area contributed by atoms with Crippen LogP contribution in [-0.2, 0) is 9.59 Å². The first-order valence-corrected chi connectivity index (χ1v) is 11.0. The van der Waals surface area contributed by atoms with E-state index in [0.717, 1.165) is 27.9 Å². The fourth-order valence-corrected chi connectivity index (χ4v) is 4.57. The summed E-state index contributed by atoms with van der Waals surface area (Å²) in [6.45, 7) is 9.94. The Morgan fingerprint density at radius 1 is 1.19 bits per heavy atom. The molecule has 1 aliphatic heterocycles. The molecule has 160 valence electrons. The molecule has 0 atom stereocenters. The predicted molar refractivity (Wildman–Crippen MR) is 131 cm³/mol. The van der Waals surface area contributed by atoms with Crippen molar-refractivity contribution in [1.29, 1.82) is 0 Å². The van der Waals surface area contributed by atoms with Crippen molar-refractivity contribution in [2.45, 2.75) is 20.8 Å². The van der Waals surface area contributed by atoms with Gasteiger partial charge in [0.25, 0.3) is 11.8 Å². The van der Waals surface area contributed by atoms with Crippen molar-refractivity contribution < 1.29 is 14.3 Å². The Morgan fingerprint density at radius 3 is 2.45 bits per heavy atom. The monoisotopic (exact) mass is 452 g/mol. The Kier molecular flexibility index (Phi) is 7.30. The summed E-state index contributed by atoms with van der Waals surface area (Å²) < 4.78 is 6.14. The van der Waals surface area contributed by atoms with Gasteiger partial charge in [-0.05, 0) is 55.7 Å². The molecule has 1 fully saturated rings. The number of thioether (sulfide) groups is 1. The van der Waals surface area contributed by atoms with Crippen LogP contribution in [0.25, 0.3) is 6.08 Å². The summed E-state index contributed by atoms with van der Waals surface area (Å²) in [5.74, 6) is 0.238. The van der Waals surface area contributed by atoms with Gasteiger partial charge in [0.15, 0.2) is 6.61 Å². The van der Waals surface area contributed by atoms with Crippen molar-refractivity contribution in [2.24, 2.45) is 0 Å². The molecule has 3 rings (SSSR count). The number of thiocarbonyl (C=S) groups is 1.